The summed E-state index contributed by atoms with van der Waals surface area (Å²) in [6.07, 6.45) is 4.73. The molecule has 6 nitrogen and oxygen atoms in total. The van der Waals surface area contributed by atoms with E-state index >= 15 is 0 Å². The fraction of sp³-hybridized carbons (Fsp3) is 0.375. The lowest BCUT2D eigenvalue weighted by molar-refractivity contribution is 0.0648. The topological polar surface area (TPSA) is 60.4 Å². The summed E-state index contributed by atoms with van der Waals surface area (Å²) in [5.74, 6) is 1.87. The van der Waals surface area contributed by atoms with Gasteiger partial charge in [-0.25, -0.2) is 0 Å². The molecule has 0 radical (unpaired) electrons. The van der Waals surface area contributed by atoms with E-state index in [-0.39, 0.29) is 5.91 Å². The van der Waals surface area contributed by atoms with Crippen molar-refractivity contribution in [2.45, 2.75) is 37.8 Å². The lowest BCUT2D eigenvalue weighted by atomic mass is 9.88. The Kier molecular flexibility index (Phi) is 5.96. The summed E-state index contributed by atoms with van der Waals surface area (Å²) < 4.78 is 16.1. The highest BCUT2D eigenvalue weighted by atomic mass is 32.1. The predicted molar refractivity (Wildman–Crippen MR) is 124 cm³/mol. The van der Waals surface area contributed by atoms with Crippen LogP contribution < -0.4 is 14.2 Å². The van der Waals surface area contributed by atoms with Gasteiger partial charge in [0.15, 0.2) is 0 Å². The standard InChI is InChI=1S/C24H26N2O4S/c1-28-18-9-7-16(8-10-18)22(27)26-23(31)21(25-24(26)11-5-4-6-12-24)17-13-19(29-2)15-20(14-17)30-3/h7-10,13-15H,4-6,11-12H2,1-3H3. The molecule has 2 aromatic rings. The van der Waals surface area contributed by atoms with Crippen LogP contribution in [0.4, 0.5) is 0 Å². The minimum absolute atomic E-state index is 0.136. The van der Waals surface area contributed by atoms with Gasteiger partial charge in [-0.2, -0.15) is 0 Å². The molecule has 0 saturated heterocycles. The number of carbonyl (C=O) groups excluding carboxylic acids is 1. The molecule has 31 heavy (non-hydrogen) atoms. The highest BCUT2D eigenvalue weighted by Gasteiger charge is 2.49. The zero-order valence-electron chi connectivity index (χ0n) is 18.0. The van der Waals surface area contributed by atoms with Crippen molar-refractivity contribution in [1.82, 2.24) is 4.90 Å². The molecule has 4 rings (SSSR count). The lowest BCUT2D eigenvalue weighted by Gasteiger charge is -2.38. The summed E-state index contributed by atoms with van der Waals surface area (Å²) in [7, 11) is 4.82. The summed E-state index contributed by atoms with van der Waals surface area (Å²) in [4.78, 5) is 20.9. The van der Waals surface area contributed by atoms with Gasteiger partial charge in [0, 0.05) is 17.2 Å². The zero-order chi connectivity index (χ0) is 22.0. The Bertz CT molecular complexity index is 1000. The number of ether oxygens (including phenoxy) is 3. The Morgan fingerprint density at radius 3 is 2.03 bits per heavy atom. The number of aliphatic imine (C=N–C) groups is 1. The molecule has 0 bridgehead atoms. The average molecular weight is 439 g/mol. The van der Waals surface area contributed by atoms with Gasteiger partial charge in [-0.3, -0.25) is 14.7 Å². The van der Waals surface area contributed by atoms with Gasteiger partial charge >= 0.3 is 0 Å². The molecule has 0 N–H and O–H groups in total. The molecule has 0 aromatic heterocycles. The van der Waals surface area contributed by atoms with Crippen LogP contribution in [0.5, 0.6) is 17.2 Å². The van der Waals surface area contributed by atoms with Crippen LogP contribution in [0.25, 0.3) is 0 Å². The Balaban J connectivity index is 1.76. The molecule has 7 heteroatoms. The fourth-order valence-electron chi connectivity index (χ4n) is 4.33. The number of benzene rings is 2. The Morgan fingerprint density at radius 1 is 0.903 bits per heavy atom. The Labute approximate surface area is 187 Å². The Morgan fingerprint density at radius 2 is 1.48 bits per heavy atom. The van der Waals surface area contributed by atoms with Gasteiger partial charge in [-0.15, -0.1) is 0 Å². The van der Waals surface area contributed by atoms with Crippen LogP contribution in [0.3, 0.4) is 0 Å². The van der Waals surface area contributed by atoms with Crippen molar-refractivity contribution in [1.29, 1.82) is 0 Å². The molecule has 2 aliphatic rings. The molecule has 1 fully saturated rings. The van der Waals surface area contributed by atoms with Gasteiger partial charge < -0.3 is 14.2 Å². The number of carbonyl (C=O) groups is 1. The number of hydrogen-bond acceptors (Lipinski definition) is 6. The maximum Gasteiger partial charge on any atom is 0.260 e. The van der Waals surface area contributed by atoms with Crippen LogP contribution in [0.1, 0.15) is 48.0 Å². The first-order chi connectivity index (χ1) is 15.0. The minimum atomic E-state index is -0.641. The number of nitrogens with zero attached hydrogens (tertiary/aromatic N) is 2. The molecule has 162 valence electrons. The van der Waals surface area contributed by atoms with Crippen molar-refractivity contribution < 1.29 is 19.0 Å². The highest BCUT2D eigenvalue weighted by Crippen LogP contribution is 2.41. The van der Waals surface area contributed by atoms with E-state index in [0.717, 1.165) is 37.7 Å². The van der Waals surface area contributed by atoms with Crippen molar-refractivity contribution in [3.8, 4) is 17.2 Å². The maximum absolute atomic E-state index is 13.6. The predicted octanol–water partition coefficient (Wildman–Crippen LogP) is 4.65. The first kappa shape index (κ1) is 21.3. The fourth-order valence-corrected chi connectivity index (χ4v) is 4.75. The van der Waals surface area contributed by atoms with Crippen LogP contribution in [0.2, 0.25) is 0 Å². The Hall–Kier alpha value is -2.93. The summed E-state index contributed by atoms with van der Waals surface area (Å²) >= 11 is 5.85. The van der Waals surface area contributed by atoms with E-state index in [0.29, 0.717) is 33.5 Å². The molecule has 0 unspecified atom stereocenters. The minimum Gasteiger partial charge on any atom is -0.497 e. The van der Waals surface area contributed by atoms with Crippen molar-refractivity contribution in [3.05, 3.63) is 53.6 Å². The molecule has 1 heterocycles. The second kappa shape index (κ2) is 8.67. The van der Waals surface area contributed by atoms with Crippen LogP contribution in [-0.2, 0) is 0 Å². The third-order valence-electron chi connectivity index (χ3n) is 5.96. The molecular formula is C24H26N2O4S. The number of rotatable bonds is 5. The summed E-state index contributed by atoms with van der Waals surface area (Å²) in [6.45, 7) is 0. The van der Waals surface area contributed by atoms with E-state index in [1.165, 1.54) is 0 Å². The van der Waals surface area contributed by atoms with Gasteiger partial charge in [-0.05, 0) is 62.1 Å². The van der Waals surface area contributed by atoms with Crippen molar-refractivity contribution >= 4 is 28.8 Å². The third kappa shape index (κ3) is 3.90. The monoisotopic (exact) mass is 438 g/mol. The van der Waals surface area contributed by atoms with E-state index in [1.54, 1.807) is 56.6 Å². The molecule has 1 amide bonds. The molecule has 1 aliphatic carbocycles. The van der Waals surface area contributed by atoms with Crippen molar-refractivity contribution in [2.24, 2.45) is 4.99 Å². The first-order valence-electron chi connectivity index (χ1n) is 10.4. The van der Waals surface area contributed by atoms with Crippen molar-refractivity contribution in [2.75, 3.05) is 21.3 Å². The molecule has 1 spiro atoms. The van der Waals surface area contributed by atoms with E-state index < -0.39 is 5.66 Å². The molecular weight excluding hydrogens is 412 g/mol. The lowest BCUT2D eigenvalue weighted by Crippen LogP contribution is -2.50. The second-order valence-corrected chi connectivity index (χ2v) is 8.17. The van der Waals surface area contributed by atoms with Gasteiger partial charge in [-0.1, -0.05) is 18.6 Å². The molecule has 1 saturated carbocycles. The van der Waals surface area contributed by atoms with Gasteiger partial charge in [0.25, 0.3) is 5.91 Å². The van der Waals surface area contributed by atoms with E-state index in [4.69, 9.17) is 31.4 Å². The van der Waals surface area contributed by atoms with Gasteiger partial charge in [0.05, 0.1) is 21.3 Å². The van der Waals surface area contributed by atoms with Gasteiger partial charge in [0.2, 0.25) is 0 Å². The van der Waals surface area contributed by atoms with Crippen LogP contribution >= 0.6 is 12.2 Å². The number of hydrogen-bond donors (Lipinski definition) is 0. The second-order valence-electron chi connectivity index (χ2n) is 7.78. The number of methoxy groups -OCH3 is 3. The smallest absolute Gasteiger partial charge is 0.260 e. The normalized spacial score (nSPS) is 17.5. The van der Waals surface area contributed by atoms with E-state index in [1.807, 2.05) is 12.1 Å². The van der Waals surface area contributed by atoms with Crippen LogP contribution in [-0.4, -0.2) is 48.5 Å². The summed E-state index contributed by atoms with van der Waals surface area (Å²) in [5.41, 5.74) is 1.35. The quantitative estimate of drug-likeness (QED) is 0.636. The van der Waals surface area contributed by atoms with Gasteiger partial charge in [0.1, 0.15) is 33.6 Å². The highest BCUT2D eigenvalue weighted by molar-refractivity contribution is 7.82. The van der Waals surface area contributed by atoms with Crippen molar-refractivity contribution in [3.63, 3.8) is 0 Å². The SMILES string of the molecule is COc1ccc(C(=O)N2C(=S)C(c3cc(OC)cc(OC)c3)=NC23CCCCC3)cc1. The van der Waals surface area contributed by atoms with E-state index in [9.17, 15) is 4.79 Å². The number of thiocarbonyl (C=S) groups is 1. The third-order valence-corrected chi connectivity index (χ3v) is 6.34. The van der Waals surface area contributed by atoms with E-state index in [2.05, 4.69) is 0 Å². The molecule has 0 atom stereocenters. The maximum atomic E-state index is 13.6. The van der Waals surface area contributed by atoms with Crippen LogP contribution in [0.15, 0.2) is 47.5 Å². The largest absolute Gasteiger partial charge is 0.497 e. The average Bonchev–Trinajstić information content (AvgIpc) is 3.09. The molecule has 1 aliphatic heterocycles. The summed E-state index contributed by atoms with van der Waals surface area (Å²) in [6, 6.07) is 12.7. The first-order valence-corrected chi connectivity index (χ1v) is 10.8. The summed E-state index contributed by atoms with van der Waals surface area (Å²) in [5, 5.41) is 0. The molecule has 2 aromatic carbocycles. The number of amides is 1. The zero-order valence-corrected chi connectivity index (χ0v) is 18.8. The van der Waals surface area contributed by atoms with Crippen LogP contribution in [0, 0.1) is 0 Å².